The topological polar surface area (TPSA) is 132 Å². The van der Waals surface area contributed by atoms with Gasteiger partial charge in [0.2, 0.25) is 20.0 Å². The number of rotatable bonds is 5. The van der Waals surface area contributed by atoms with Crippen molar-refractivity contribution in [2.45, 2.75) is 29.3 Å². The van der Waals surface area contributed by atoms with Gasteiger partial charge in [0.05, 0.1) is 15.8 Å². The molecule has 5 N–H and O–H groups in total. The van der Waals surface area contributed by atoms with E-state index in [1.807, 2.05) is 30.3 Å². The molecule has 7 nitrogen and oxygen atoms in total. The van der Waals surface area contributed by atoms with Crippen LogP contribution in [0.3, 0.4) is 0 Å². The number of nitrogens with one attached hydrogen (secondary N) is 1. The van der Waals surface area contributed by atoms with E-state index in [1.54, 1.807) is 31.2 Å². The van der Waals surface area contributed by atoms with Crippen LogP contribution in [0.25, 0.3) is 12.2 Å². The van der Waals surface area contributed by atoms with Gasteiger partial charge in [-0.25, -0.2) is 27.1 Å². The molecule has 3 aromatic carbocycles. The Balaban J connectivity index is 1.77. The van der Waals surface area contributed by atoms with Gasteiger partial charge in [0.1, 0.15) is 0 Å². The van der Waals surface area contributed by atoms with Crippen LogP contribution < -0.4 is 15.6 Å². The first kappa shape index (κ1) is 22.4. The van der Waals surface area contributed by atoms with Crippen molar-refractivity contribution in [3.8, 4) is 0 Å². The standard InChI is InChI=1S/C23H23N3O4S2/c1-15-6-7-16(21(12-15)31(24,27)28)8-9-17-10-11-18(13-22(17)32(25,29)30)23-20-5-3-2-4-19(20)14-26-23/h2-13,23,26H,14H2,1H3,(H2,24,27,28)(H2,25,29,30)/b9-8+. The van der Waals surface area contributed by atoms with Gasteiger partial charge in [-0.3, -0.25) is 0 Å². The molecule has 0 aliphatic carbocycles. The Kier molecular flexibility index (Phi) is 5.78. The summed E-state index contributed by atoms with van der Waals surface area (Å²) < 4.78 is 48.6. The van der Waals surface area contributed by atoms with Crippen LogP contribution in [0.2, 0.25) is 0 Å². The molecular formula is C23H23N3O4S2. The van der Waals surface area contributed by atoms with E-state index >= 15 is 0 Å². The monoisotopic (exact) mass is 469 g/mol. The van der Waals surface area contributed by atoms with Crippen LogP contribution in [0.15, 0.2) is 70.5 Å². The predicted molar refractivity (Wildman–Crippen MR) is 124 cm³/mol. The molecule has 0 saturated heterocycles. The van der Waals surface area contributed by atoms with Gasteiger partial charge in [0, 0.05) is 6.54 Å². The Bertz CT molecular complexity index is 1450. The Morgan fingerprint density at radius 3 is 2.09 bits per heavy atom. The molecule has 0 radical (unpaired) electrons. The minimum Gasteiger partial charge on any atom is -0.302 e. The second-order valence-corrected chi connectivity index (χ2v) is 10.8. The van der Waals surface area contributed by atoms with Crippen molar-refractivity contribution >= 4 is 32.2 Å². The molecule has 1 unspecified atom stereocenters. The highest BCUT2D eigenvalue weighted by Crippen LogP contribution is 2.33. The summed E-state index contributed by atoms with van der Waals surface area (Å²) in [6.45, 7) is 2.45. The van der Waals surface area contributed by atoms with Gasteiger partial charge in [-0.2, -0.15) is 0 Å². The molecule has 0 bridgehead atoms. The summed E-state index contributed by atoms with van der Waals surface area (Å²) >= 11 is 0. The van der Waals surface area contributed by atoms with Gasteiger partial charge < -0.3 is 5.32 Å². The maximum atomic E-state index is 12.4. The quantitative estimate of drug-likeness (QED) is 0.494. The summed E-state index contributed by atoms with van der Waals surface area (Å²) in [7, 11) is -7.98. The number of hydrogen-bond donors (Lipinski definition) is 3. The summed E-state index contributed by atoms with van der Waals surface area (Å²) in [5, 5.41) is 14.2. The van der Waals surface area contributed by atoms with E-state index in [2.05, 4.69) is 5.32 Å². The van der Waals surface area contributed by atoms with Gasteiger partial charge in [-0.15, -0.1) is 0 Å². The second-order valence-electron chi connectivity index (χ2n) is 7.77. The average molecular weight is 470 g/mol. The van der Waals surface area contributed by atoms with E-state index in [1.165, 1.54) is 18.2 Å². The third-order valence-corrected chi connectivity index (χ3v) is 7.39. The van der Waals surface area contributed by atoms with Gasteiger partial charge in [-0.05, 0) is 52.4 Å². The summed E-state index contributed by atoms with van der Waals surface area (Å²) in [6.07, 6.45) is 3.05. The van der Waals surface area contributed by atoms with Crippen LogP contribution >= 0.6 is 0 Å². The van der Waals surface area contributed by atoms with Crippen LogP contribution in [0, 0.1) is 6.92 Å². The van der Waals surface area contributed by atoms with Gasteiger partial charge >= 0.3 is 0 Å². The highest BCUT2D eigenvalue weighted by Gasteiger charge is 2.25. The molecule has 1 aliphatic rings. The van der Waals surface area contributed by atoms with Crippen molar-refractivity contribution in [2.75, 3.05) is 0 Å². The first-order valence-corrected chi connectivity index (χ1v) is 12.9. The number of fused-ring (bicyclic) bond motifs is 1. The van der Waals surface area contributed by atoms with E-state index in [0.29, 0.717) is 17.7 Å². The van der Waals surface area contributed by atoms with Crippen molar-refractivity contribution in [1.82, 2.24) is 5.32 Å². The molecule has 3 aromatic rings. The summed E-state index contributed by atoms with van der Waals surface area (Å²) in [5.74, 6) is 0. The molecular weight excluding hydrogens is 446 g/mol. The second kappa shape index (κ2) is 8.27. The fourth-order valence-electron chi connectivity index (χ4n) is 3.92. The Morgan fingerprint density at radius 1 is 0.844 bits per heavy atom. The van der Waals surface area contributed by atoms with Gasteiger partial charge in [0.25, 0.3) is 0 Å². The van der Waals surface area contributed by atoms with Gasteiger partial charge in [0.15, 0.2) is 0 Å². The van der Waals surface area contributed by atoms with Crippen molar-refractivity contribution < 1.29 is 16.8 Å². The average Bonchev–Trinajstić information content (AvgIpc) is 3.15. The highest BCUT2D eigenvalue weighted by atomic mass is 32.2. The lowest BCUT2D eigenvalue weighted by Crippen LogP contribution is -2.17. The molecule has 1 heterocycles. The SMILES string of the molecule is Cc1ccc(/C=C/c2ccc(C3NCc4ccccc43)cc2S(N)(=O)=O)c(S(N)(=O)=O)c1. The molecule has 166 valence electrons. The molecule has 32 heavy (non-hydrogen) atoms. The Hall–Kier alpha value is -2.82. The lowest BCUT2D eigenvalue weighted by Gasteiger charge is -2.15. The normalized spacial score (nSPS) is 16.4. The Labute approximate surface area is 187 Å². The Morgan fingerprint density at radius 2 is 1.44 bits per heavy atom. The molecule has 1 aliphatic heterocycles. The number of hydrogen-bond acceptors (Lipinski definition) is 5. The number of benzene rings is 3. The van der Waals surface area contributed by atoms with Crippen LogP contribution in [-0.2, 0) is 26.6 Å². The lowest BCUT2D eigenvalue weighted by atomic mass is 9.97. The molecule has 0 fully saturated rings. The zero-order valence-corrected chi connectivity index (χ0v) is 18.9. The predicted octanol–water partition coefficient (Wildman–Crippen LogP) is 2.65. The molecule has 0 amide bonds. The van der Waals surface area contributed by atoms with E-state index in [-0.39, 0.29) is 15.8 Å². The van der Waals surface area contributed by atoms with Crippen LogP contribution in [0.1, 0.15) is 39.4 Å². The fourth-order valence-corrected chi connectivity index (χ4v) is 5.50. The zero-order valence-electron chi connectivity index (χ0n) is 17.3. The van der Waals surface area contributed by atoms with Crippen molar-refractivity contribution in [3.63, 3.8) is 0 Å². The van der Waals surface area contributed by atoms with Crippen molar-refractivity contribution in [1.29, 1.82) is 0 Å². The van der Waals surface area contributed by atoms with E-state index in [4.69, 9.17) is 10.3 Å². The van der Waals surface area contributed by atoms with Crippen molar-refractivity contribution in [3.05, 3.63) is 94.0 Å². The number of primary sulfonamides is 2. The molecule has 0 spiro atoms. The molecule has 9 heteroatoms. The number of nitrogens with two attached hydrogens (primary N) is 2. The van der Waals surface area contributed by atoms with Crippen molar-refractivity contribution in [2.24, 2.45) is 10.3 Å². The van der Waals surface area contributed by atoms with Gasteiger partial charge in [-0.1, -0.05) is 60.7 Å². The lowest BCUT2D eigenvalue weighted by molar-refractivity contribution is 0.595. The zero-order chi connectivity index (χ0) is 23.1. The first-order valence-electron chi connectivity index (χ1n) is 9.83. The molecule has 0 saturated carbocycles. The van der Waals surface area contributed by atoms with E-state index in [0.717, 1.165) is 22.3 Å². The van der Waals surface area contributed by atoms with E-state index in [9.17, 15) is 16.8 Å². The van der Waals surface area contributed by atoms with Crippen LogP contribution in [-0.4, -0.2) is 16.8 Å². The maximum absolute atomic E-state index is 12.4. The highest BCUT2D eigenvalue weighted by molar-refractivity contribution is 7.89. The molecule has 4 rings (SSSR count). The van der Waals surface area contributed by atoms with E-state index < -0.39 is 20.0 Å². The molecule has 1 atom stereocenters. The molecule has 0 aromatic heterocycles. The fraction of sp³-hybridized carbons (Fsp3) is 0.130. The smallest absolute Gasteiger partial charge is 0.238 e. The van der Waals surface area contributed by atoms with Crippen LogP contribution in [0.5, 0.6) is 0 Å². The summed E-state index contributed by atoms with van der Waals surface area (Å²) in [4.78, 5) is -0.0732. The maximum Gasteiger partial charge on any atom is 0.238 e. The number of aryl methyl sites for hydroxylation is 1. The first-order chi connectivity index (χ1) is 15.0. The minimum atomic E-state index is -4.03. The third kappa shape index (κ3) is 4.52. The largest absolute Gasteiger partial charge is 0.302 e. The summed E-state index contributed by atoms with van der Waals surface area (Å²) in [6, 6.07) is 17.7. The summed E-state index contributed by atoms with van der Waals surface area (Å²) in [5.41, 5.74) is 4.47. The number of sulfonamides is 2. The minimum absolute atomic E-state index is 0.0331. The van der Waals surface area contributed by atoms with Crippen LogP contribution in [0.4, 0.5) is 0 Å². The third-order valence-electron chi connectivity index (χ3n) is 5.46.